The largest absolute Gasteiger partial charge is 0.508 e. The van der Waals surface area contributed by atoms with E-state index in [2.05, 4.69) is 0 Å². The lowest BCUT2D eigenvalue weighted by Gasteiger charge is -1.86. The Bertz CT molecular complexity index is 189. The molecule has 0 heterocycles. The van der Waals surface area contributed by atoms with Gasteiger partial charge in [0.15, 0.2) is 0 Å². The summed E-state index contributed by atoms with van der Waals surface area (Å²) in [6, 6.07) is 0. The molecule has 0 atom stereocenters. The highest BCUT2D eigenvalue weighted by molar-refractivity contribution is 5.25. The van der Waals surface area contributed by atoms with E-state index >= 15 is 0 Å². The van der Waals surface area contributed by atoms with Crippen molar-refractivity contribution in [3.63, 3.8) is 0 Å². The molecule has 0 radical (unpaired) electrons. The van der Waals surface area contributed by atoms with Crippen LogP contribution in [0.4, 0.5) is 0 Å². The standard InChI is InChI=1S/C8H10O.H3N/c1-7-3-2-4-8(9)6-5-7;/h2,4-6,9H,3H2,1H3;1H3. The molecule has 0 saturated carbocycles. The summed E-state index contributed by atoms with van der Waals surface area (Å²) in [5.74, 6) is 0.340. The fourth-order valence-electron chi connectivity index (χ4n) is 0.717. The molecule has 0 saturated heterocycles. The van der Waals surface area contributed by atoms with Crippen LogP contribution in [0.25, 0.3) is 0 Å². The van der Waals surface area contributed by atoms with E-state index in [0.717, 1.165) is 6.42 Å². The van der Waals surface area contributed by atoms with E-state index in [9.17, 15) is 0 Å². The molecule has 0 aromatic heterocycles. The van der Waals surface area contributed by atoms with Crippen molar-refractivity contribution in [2.75, 3.05) is 0 Å². The van der Waals surface area contributed by atoms with Crippen LogP contribution < -0.4 is 6.15 Å². The molecular formula is C8H13NO. The molecule has 0 aromatic rings. The quantitative estimate of drug-likeness (QED) is 0.541. The first-order valence-corrected chi connectivity index (χ1v) is 3.02. The highest BCUT2D eigenvalue weighted by Gasteiger charge is 1.90. The lowest BCUT2D eigenvalue weighted by molar-refractivity contribution is 0.432. The molecule has 56 valence electrons. The SMILES string of the molecule is CC1=CC=C(O)C=CC1.N. The van der Waals surface area contributed by atoms with Gasteiger partial charge in [0.2, 0.25) is 0 Å². The van der Waals surface area contributed by atoms with Gasteiger partial charge in [-0.25, -0.2) is 0 Å². The molecule has 0 bridgehead atoms. The Morgan fingerprint density at radius 3 is 2.80 bits per heavy atom. The van der Waals surface area contributed by atoms with Crippen molar-refractivity contribution < 1.29 is 5.11 Å². The lowest BCUT2D eigenvalue weighted by Crippen LogP contribution is -1.66. The summed E-state index contributed by atoms with van der Waals surface area (Å²) in [5, 5.41) is 8.94. The minimum absolute atomic E-state index is 0. The summed E-state index contributed by atoms with van der Waals surface area (Å²) < 4.78 is 0. The maximum atomic E-state index is 8.94. The van der Waals surface area contributed by atoms with E-state index in [0.29, 0.717) is 5.76 Å². The second-order valence-corrected chi connectivity index (χ2v) is 2.21. The first-order chi connectivity index (χ1) is 4.29. The third kappa shape index (κ3) is 2.51. The normalized spacial score (nSPS) is 16.5. The third-order valence-corrected chi connectivity index (χ3v) is 1.27. The maximum Gasteiger partial charge on any atom is 0.115 e. The molecule has 4 N–H and O–H groups in total. The third-order valence-electron chi connectivity index (χ3n) is 1.27. The van der Waals surface area contributed by atoms with Gasteiger partial charge < -0.3 is 11.3 Å². The fourth-order valence-corrected chi connectivity index (χ4v) is 0.717. The molecule has 1 aliphatic carbocycles. The van der Waals surface area contributed by atoms with Gasteiger partial charge in [0.05, 0.1) is 0 Å². The van der Waals surface area contributed by atoms with E-state index < -0.39 is 0 Å². The van der Waals surface area contributed by atoms with Crippen LogP contribution in [-0.2, 0) is 0 Å². The van der Waals surface area contributed by atoms with Gasteiger partial charge in [-0.05, 0) is 25.5 Å². The molecule has 1 aliphatic rings. The topological polar surface area (TPSA) is 55.2 Å². The highest BCUT2D eigenvalue weighted by Crippen LogP contribution is 2.07. The average Bonchev–Trinajstić information content (AvgIpc) is 1.97. The number of allylic oxidation sites excluding steroid dienone is 5. The first-order valence-electron chi connectivity index (χ1n) is 3.02. The maximum absolute atomic E-state index is 8.94. The molecule has 2 nitrogen and oxygen atoms in total. The van der Waals surface area contributed by atoms with Gasteiger partial charge in [-0.15, -0.1) is 0 Å². The van der Waals surface area contributed by atoms with Crippen LogP contribution in [0.5, 0.6) is 0 Å². The van der Waals surface area contributed by atoms with Crippen LogP contribution in [-0.4, -0.2) is 5.11 Å². The Hall–Kier alpha value is -1.02. The number of rotatable bonds is 0. The van der Waals surface area contributed by atoms with Gasteiger partial charge in [0, 0.05) is 0 Å². The van der Waals surface area contributed by atoms with E-state index in [1.807, 2.05) is 19.1 Å². The van der Waals surface area contributed by atoms with Gasteiger partial charge in [-0.3, -0.25) is 0 Å². The highest BCUT2D eigenvalue weighted by atomic mass is 16.3. The van der Waals surface area contributed by atoms with Crippen LogP contribution in [0.2, 0.25) is 0 Å². The number of hydrogen-bond donors (Lipinski definition) is 2. The summed E-state index contributed by atoms with van der Waals surface area (Å²) in [6.45, 7) is 2.04. The van der Waals surface area contributed by atoms with Crippen molar-refractivity contribution in [1.29, 1.82) is 0 Å². The van der Waals surface area contributed by atoms with Crippen molar-refractivity contribution >= 4 is 0 Å². The molecular weight excluding hydrogens is 126 g/mol. The second kappa shape index (κ2) is 3.90. The predicted molar refractivity (Wildman–Crippen MR) is 43.2 cm³/mol. The van der Waals surface area contributed by atoms with Gasteiger partial charge in [-0.1, -0.05) is 17.7 Å². The second-order valence-electron chi connectivity index (χ2n) is 2.21. The molecule has 0 fully saturated rings. The Kier molecular flexibility index (Phi) is 3.51. The molecule has 0 unspecified atom stereocenters. The minimum Gasteiger partial charge on any atom is -0.508 e. The summed E-state index contributed by atoms with van der Waals surface area (Å²) in [6.07, 6.45) is 8.24. The molecule has 0 amide bonds. The zero-order chi connectivity index (χ0) is 6.69. The molecule has 0 aliphatic heterocycles. The molecule has 0 spiro atoms. The van der Waals surface area contributed by atoms with Crippen molar-refractivity contribution in [2.24, 2.45) is 0 Å². The van der Waals surface area contributed by atoms with E-state index in [-0.39, 0.29) is 6.15 Å². The average molecular weight is 139 g/mol. The van der Waals surface area contributed by atoms with Crippen LogP contribution in [0, 0.1) is 0 Å². The fraction of sp³-hybridized carbons (Fsp3) is 0.250. The summed E-state index contributed by atoms with van der Waals surface area (Å²) >= 11 is 0. The van der Waals surface area contributed by atoms with Gasteiger partial charge in [0.1, 0.15) is 5.76 Å². The smallest absolute Gasteiger partial charge is 0.115 e. The molecule has 1 rings (SSSR count). The van der Waals surface area contributed by atoms with Crippen molar-refractivity contribution in [3.05, 3.63) is 35.6 Å². The summed E-state index contributed by atoms with van der Waals surface area (Å²) in [5.41, 5.74) is 1.27. The van der Waals surface area contributed by atoms with E-state index in [1.165, 1.54) is 5.57 Å². The summed E-state index contributed by atoms with van der Waals surface area (Å²) in [4.78, 5) is 0. The number of hydrogen-bond acceptors (Lipinski definition) is 2. The Balaban J connectivity index is 0.000000810. The minimum atomic E-state index is 0. The van der Waals surface area contributed by atoms with Crippen molar-refractivity contribution in [2.45, 2.75) is 13.3 Å². The van der Waals surface area contributed by atoms with Gasteiger partial charge in [-0.2, -0.15) is 0 Å². The Morgan fingerprint density at radius 2 is 2.10 bits per heavy atom. The lowest BCUT2D eigenvalue weighted by atomic mass is 10.2. The molecule has 10 heavy (non-hydrogen) atoms. The Morgan fingerprint density at radius 1 is 1.40 bits per heavy atom. The van der Waals surface area contributed by atoms with Gasteiger partial charge in [0.25, 0.3) is 0 Å². The molecule has 0 aromatic carbocycles. The Labute approximate surface area is 61.1 Å². The van der Waals surface area contributed by atoms with Gasteiger partial charge >= 0.3 is 0 Å². The van der Waals surface area contributed by atoms with Crippen LogP contribution in [0.3, 0.4) is 0 Å². The van der Waals surface area contributed by atoms with Crippen LogP contribution >= 0.6 is 0 Å². The monoisotopic (exact) mass is 139 g/mol. The van der Waals surface area contributed by atoms with E-state index in [4.69, 9.17) is 5.11 Å². The first kappa shape index (κ1) is 8.98. The van der Waals surface area contributed by atoms with Crippen molar-refractivity contribution in [3.8, 4) is 0 Å². The van der Waals surface area contributed by atoms with Crippen molar-refractivity contribution in [1.82, 2.24) is 6.15 Å². The zero-order valence-electron chi connectivity index (χ0n) is 6.17. The predicted octanol–water partition coefficient (Wildman–Crippen LogP) is 2.50. The summed E-state index contributed by atoms with van der Waals surface area (Å²) in [7, 11) is 0. The van der Waals surface area contributed by atoms with E-state index in [1.54, 1.807) is 12.2 Å². The number of aliphatic hydroxyl groups is 1. The van der Waals surface area contributed by atoms with Crippen LogP contribution in [0.15, 0.2) is 35.6 Å². The van der Waals surface area contributed by atoms with Crippen LogP contribution in [0.1, 0.15) is 13.3 Å². The molecule has 2 heteroatoms. The zero-order valence-corrected chi connectivity index (χ0v) is 6.17. The number of aliphatic hydroxyl groups excluding tert-OH is 1.